The van der Waals surface area contributed by atoms with Gasteiger partial charge >= 0.3 is 6.18 Å². The molecule has 0 fully saturated rings. The number of nitrogens with zero attached hydrogens (tertiary/aromatic N) is 5. The van der Waals surface area contributed by atoms with Crippen LogP contribution in [0.1, 0.15) is 41.5 Å². The molecule has 1 atom stereocenters. The predicted molar refractivity (Wildman–Crippen MR) is 122 cm³/mol. The number of aromatic nitrogens is 3. The summed E-state index contributed by atoms with van der Waals surface area (Å²) < 4.78 is 38.4. The summed E-state index contributed by atoms with van der Waals surface area (Å²) in [5.41, 5.74) is 2.15. The quantitative estimate of drug-likeness (QED) is 0.532. The Bertz CT molecular complexity index is 1200. The van der Waals surface area contributed by atoms with Crippen LogP contribution in [0.3, 0.4) is 0 Å². The van der Waals surface area contributed by atoms with Gasteiger partial charge in [0.25, 0.3) is 0 Å². The summed E-state index contributed by atoms with van der Waals surface area (Å²) >= 11 is 6.02. The molecule has 3 heterocycles. The van der Waals surface area contributed by atoms with Crippen molar-refractivity contribution in [2.24, 2.45) is 0 Å². The molecular weight excluding hydrogens is 469 g/mol. The zero-order chi connectivity index (χ0) is 23.6. The maximum atomic E-state index is 12.8. The van der Waals surface area contributed by atoms with Crippen LogP contribution in [0.15, 0.2) is 42.9 Å². The number of aliphatic hydroxyl groups excluding tert-OH is 1. The van der Waals surface area contributed by atoms with Crippen LogP contribution in [-0.4, -0.2) is 33.2 Å². The Balaban J connectivity index is 0.00000324. The Morgan fingerprint density at radius 3 is 2.65 bits per heavy atom. The van der Waals surface area contributed by atoms with Gasteiger partial charge in [0.1, 0.15) is 23.9 Å². The largest absolute Gasteiger partial charge is 0.433 e. The van der Waals surface area contributed by atoms with Crippen molar-refractivity contribution in [3.63, 3.8) is 0 Å². The van der Waals surface area contributed by atoms with Gasteiger partial charge in [0.2, 0.25) is 0 Å². The molecular formula is C23H22ClF3N6O. The summed E-state index contributed by atoms with van der Waals surface area (Å²) in [5.74, 6) is 0.455. The maximum Gasteiger partial charge on any atom is 0.433 e. The van der Waals surface area contributed by atoms with E-state index in [0.29, 0.717) is 41.5 Å². The van der Waals surface area contributed by atoms with Crippen molar-refractivity contribution in [3.05, 3.63) is 76.0 Å². The summed E-state index contributed by atoms with van der Waals surface area (Å²) in [6, 6.07) is 8.69. The number of anilines is 2. The van der Waals surface area contributed by atoms with E-state index in [9.17, 15) is 23.5 Å². The van der Waals surface area contributed by atoms with Crippen LogP contribution in [0.25, 0.3) is 0 Å². The van der Waals surface area contributed by atoms with E-state index in [1.165, 1.54) is 12.4 Å². The Hall–Kier alpha value is -3.42. The van der Waals surface area contributed by atoms with Crippen LogP contribution < -0.4 is 10.2 Å². The molecule has 1 aromatic carbocycles. The Morgan fingerprint density at radius 2 is 2.00 bits per heavy atom. The molecule has 1 aliphatic rings. The van der Waals surface area contributed by atoms with E-state index in [2.05, 4.69) is 26.3 Å². The van der Waals surface area contributed by atoms with Gasteiger partial charge in [-0.05, 0) is 29.8 Å². The molecule has 0 bridgehead atoms. The average molecular weight is 491 g/mol. The molecule has 0 amide bonds. The van der Waals surface area contributed by atoms with E-state index in [1.807, 2.05) is 4.90 Å². The topological polar surface area (TPSA) is 98.0 Å². The van der Waals surface area contributed by atoms with Crippen LogP contribution in [0.2, 0.25) is 5.02 Å². The van der Waals surface area contributed by atoms with Crippen molar-refractivity contribution in [1.82, 2.24) is 15.0 Å². The summed E-state index contributed by atoms with van der Waals surface area (Å²) in [6.07, 6.45) is -1.45. The highest BCUT2D eigenvalue weighted by Gasteiger charge is 2.32. The first kappa shape index (κ1) is 25.2. The first-order chi connectivity index (χ1) is 15.8. The van der Waals surface area contributed by atoms with Crippen molar-refractivity contribution in [1.29, 1.82) is 5.26 Å². The van der Waals surface area contributed by atoms with Gasteiger partial charge in [0.15, 0.2) is 0 Å². The van der Waals surface area contributed by atoms with Crippen LogP contribution in [0.5, 0.6) is 0 Å². The predicted octanol–water partition coefficient (Wildman–Crippen LogP) is 4.76. The van der Waals surface area contributed by atoms with Crippen LogP contribution >= 0.6 is 11.6 Å². The van der Waals surface area contributed by atoms with Gasteiger partial charge in [-0.15, -0.1) is 0 Å². The molecule has 7 nitrogen and oxygen atoms in total. The number of nitriles is 1. The molecule has 0 radical (unpaired) electrons. The molecule has 3 aromatic rings. The molecule has 0 spiro atoms. The van der Waals surface area contributed by atoms with E-state index < -0.39 is 17.9 Å². The van der Waals surface area contributed by atoms with Crippen LogP contribution in [0, 0.1) is 11.3 Å². The summed E-state index contributed by atoms with van der Waals surface area (Å²) in [4.78, 5) is 14.1. The Kier molecular flexibility index (Phi) is 7.59. The zero-order valence-corrected chi connectivity index (χ0v) is 17.9. The summed E-state index contributed by atoms with van der Waals surface area (Å²) in [5, 5.41) is 22.9. The van der Waals surface area contributed by atoms with E-state index >= 15 is 0 Å². The lowest BCUT2D eigenvalue weighted by molar-refractivity contribution is -0.141. The van der Waals surface area contributed by atoms with Gasteiger partial charge in [-0.1, -0.05) is 25.1 Å². The number of benzene rings is 1. The molecule has 1 aliphatic heterocycles. The lowest BCUT2D eigenvalue weighted by Crippen LogP contribution is -2.33. The van der Waals surface area contributed by atoms with Crippen molar-refractivity contribution < 1.29 is 18.3 Å². The second kappa shape index (κ2) is 10.2. The molecule has 2 N–H and O–H groups in total. The Morgan fingerprint density at radius 1 is 1.21 bits per heavy atom. The smallest absolute Gasteiger partial charge is 0.394 e. The van der Waals surface area contributed by atoms with E-state index in [-0.39, 0.29) is 14.0 Å². The highest BCUT2D eigenvalue weighted by atomic mass is 35.5. The van der Waals surface area contributed by atoms with Crippen LogP contribution in [-0.2, 0) is 19.1 Å². The molecule has 0 saturated carbocycles. The highest BCUT2D eigenvalue weighted by molar-refractivity contribution is 6.30. The van der Waals surface area contributed by atoms with Gasteiger partial charge in [0.05, 0.1) is 29.6 Å². The summed E-state index contributed by atoms with van der Waals surface area (Å²) in [6.45, 7) is 0.648. The third-order valence-electron chi connectivity index (χ3n) is 5.39. The lowest BCUT2D eigenvalue weighted by Gasteiger charge is -2.32. The Labute approximate surface area is 199 Å². The number of halogens is 4. The number of fused-ring (bicyclic) bond motifs is 1. The number of nitrogens with one attached hydrogen (secondary N) is 1. The number of hydrogen-bond donors (Lipinski definition) is 2. The minimum absolute atomic E-state index is 0. The molecule has 11 heteroatoms. The van der Waals surface area contributed by atoms with Crippen molar-refractivity contribution >= 4 is 23.1 Å². The summed E-state index contributed by atoms with van der Waals surface area (Å²) in [7, 11) is 0. The van der Waals surface area contributed by atoms with Crippen molar-refractivity contribution in [3.8, 4) is 6.07 Å². The molecule has 4 rings (SSSR count). The molecule has 34 heavy (non-hydrogen) atoms. The molecule has 0 unspecified atom stereocenters. The number of aliphatic hydroxyl groups is 1. The fourth-order valence-corrected chi connectivity index (χ4v) is 3.90. The monoisotopic (exact) mass is 490 g/mol. The molecule has 2 aromatic heterocycles. The third-order valence-corrected chi connectivity index (χ3v) is 5.63. The second-order valence-electron chi connectivity index (χ2n) is 7.45. The fraction of sp³-hybridized carbons (Fsp3) is 0.304. The molecule has 0 saturated heterocycles. The minimum Gasteiger partial charge on any atom is -0.394 e. The highest BCUT2D eigenvalue weighted by Crippen LogP contribution is 2.32. The number of pyridine rings is 1. The van der Waals surface area contributed by atoms with Gasteiger partial charge in [-0.3, -0.25) is 4.98 Å². The number of alkyl halides is 3. The first-order valence-corrected chi connectivity index (χ1v) is 10.4. The van der Waals surface area contributed by atoms with Crippen molar-refractivity contribution in [2.75, 3.05) is 23.4 Å². The maximum absolute atomic E-state index is 12.8. The third kappa shape index (κ3) is 5.21. The average Bonchev–Trinajstić information content (AvgIpc) is 2.81. The standard InChI is InChI=1S/C22H18ClF3N6O.CH4/c23-15-2-3-19(14(7-15)8-27)32-6-5-17-16(10-32)21(30-12-29-17)31-18(11-33)13-1-4-20(28-9-13)22(24,25)26;/h1-4,7,9,12,18,33H,5-6,10-11H2,(H,29,30,31);1H4/t18-;/m1./s1. The van der Waals surface area contributed by atoms with Crippen LogP contribution in [0.4, 0.5) is 24.7 Å². The number of hydrogen-bond acceptors (Lipinski definition) is 7. The van der Waals surface area contributed by atoms with Gasteiger partial charge in [-0.2, -0.15) is 18.4 Å². The number of rotatable bonds is 5. The molecule has 0 aliphatic carbocycles. The lowest BCUT2D eigenvalue weighted by atomic mass is 10.0. The van der Waals surface area contributed by atoms with Crippen molar-refractivity contribution in [2.45, 2.75) is 32.6 Å². The van der Waals surface area contributed by atoms with E-state index in [4.69, 9.17) is 11.6 Å². The zero-order valence-electron chi connectivity index (χ0n) is 17.1. The normalized spacial score (nSPS) is 13.9. The van der Waals surface area contributed by atoms with Gasteiger partial charge < -0.3 is 15.3 Å². The second-order valence-corrected chi connectivity index (χ2v) is 7.88. The molecule has 178 valence electrons. The fourth-order valence-electron chi connectivity index (χ4n) is 3.72. The van der Waals surface area contributed by atoms with Gasteiger partial charge in [-0.25, -0.2) is 9.97 Å². The van der Waals surface area contributed by atoms with E-state index in [0.717, 1.165) is 29.2 Å². The first-order valence-electron chi connectivity index (χ1n) is 9.98. The van der Waals surface area contributed by atoms with E-state index in [1.54, 1.807) is 18.2 Å². The van der Waals surface area contributed by atoms with Gasteiger partial charge in [0, 0.05) is 36.3 Å². The SMILES string of the molecule is C.N#Cc1cc(Cl)ccc1N1CCc2ncnc(N[C@H](CO)c3ccc(C(F)(F)F)nc3)c2C1. The minimum atomic E-state index is -4.54.